The van der Waals surface area contributed by atoms with Crippen LogP contribution in [-0.4, -0.2) is 29.5 Å². The first kappa shape index (κ1) is 13.4. The van der Waals surface area contributed by atoms with Crippen LogP contribution in [0.3, 0.4) is 0 Å². The normalized spacial score (nSPS) is 23.4. The Labute approximate surface area is 126 Å². The maximum absolute atomic E-state index is 3.72. The molecule has 21 heavy (non-hydrogen) atoms. The molecule has 1 saturated heterocycles. The lowest BCUT2D eigenvalue weighted by Crippen LogP contribution is -2.29. The van der Waals surface area contributed by atoms with Crippen LogP contribution in [0.2, 0.25) is 0 Å². The van der Waals surface area contributed by atoms with Gasteiger partial charge in [-0.2, -0.15) is 0 Å². The van der Waals surface area contributed by atoms with Crippen molar-refractivity contribution in [1.29, 1.82) is 0 Å². The Balaban J connectivity index is 1.75. The first-order valence-electron chi connectivity index (χ1n) is 8.41. The number of H-pyrrole nitrogens is 1. The second-order valence-electron chi connectivity index (χ2n) is 6.61. The fraction of sp³-hybridized carbons (Fsp3) is 0.556. The zero-order valence-corrected chi connectivity index (χ0v) is 12.9. The summed E-state index contributed by atoms with van der Waals surface area (Å²) in [6.07, 6.45) is 5.27. The van der Waals surface area contributed by atoms with Crippen LogP contribution in [0.15, 0.2) is 18.2 Å². The van der Waals surface area contributed by atoms with Gasteiger partial charge in [-0.05, 0) is 63.0 Å². The van der Waals surface area contributed by atoms with Gasteiger partial charge in [-0.15, -0.1) is 0 Å². The van der Waals surface area contributed by atoms with E-state index in [1.54, 1.807) is 5.56 Å². The minimum Gasteiger partial charge on any atom is -0.357 e. The molecule has 1 aromatic heterocycles. The second kappa shape index (κ2) is 5.47. The Morgan fingerprint density at radius 3 is 2.90 bits per heavy atom. The number of piperidine rings is 1. The summed E-state index contributed by atoms with van der Waals surface area (Å²) in [5.74, 6) is 0. The van der Waals surface area contributed by atoms with Crippen molar-refractivity contribution in [2.45, 2.75) is 45.2 Å². The van der Waals surface area contributed by atoms with E-state index in [0.29, 0.717) is 6.04 Å². The van der Waals surface area contributed by atoms with Gasteiger partial charge in [0.25, 0.3) is 0 Å². The molecular weight excluding hydrogens is 258 g/mol. The van der Waals surface area contributed by atoms with Crippen LogP contribution in [-0.2, 0) is 13.0 Å². The molecule has 0 radical (unpaired) electrons. The van der Waals surface area contributed by atoms with Gasteiger partial charge in [-0.25, -0.2) is 0 Å². The first-order valence-corrected chi connectivity index (χ1v) is 8.41. The monoisotopic (exact) mass is 283 g/mol. The van der Waals surface area contributed by atoms with Gasteiger partial charge < -0.3 is 10.3 Å². The topological polar surface area (TPSA) is 31.1 Å². The molecule has 1 unspecified atom stereocenters. The highest BCUT2D eigenvalue weighted by atomic mass is 15.1. The van der Waals surface area contributed by atoms with E-state index >= 15 is 0 Å². The number of aromatic amines is 1. The average molecular weight is 283 g/mol. The predicted octanol–water partition coefficient (Wildman–Crippen LogP) is 3.36. The summed E-state index contributed by atoms with van der Waals surface area (Å²) in [6, 6.07) is 7.16. The van der Waals surface area contributed by atoms with E-state index in [2.05, 4.69) is 40.3 Å². The summed E-state index contributed by atoms with van der Waals surface area (Å²) in [4.78, 5) is 6.34. The van der Waals surface area contributed by atoms with E-state index in [1.165, 1.54) is 54.5 Å². The van der Waals surface area contributed by atoms with Crippen molar-refractivity contribution < 1.29 is 0 Å². The highest BCUT2D eigenvalue weighted by Crippen LogP contribution is 2.32. The number of rotatable bonds is 2. The van der Waals surface area contributed by atoms with Crippen molar-refractivity contribution in [1.82, 2.24) is 15.2 Å². The van der Waals surface area contributed by atoms with Gasteiger partial charge in [0, 0.05) is 29.2 Å². The number of benzene rings is 1. The molecule has 0 saturated carbocycles. The third-order valence-corrected chi connectivity index (χ3v) is 5.17. The van der Waals surface area contributed by atoms with Crippen molar-refractivity contribution in [3.63, 3.8) is 0 Å². The van der Waals surface area contributed by atoms with Crippen molar-refractivity contribution >= 4 is 10.9 Å². The standard InChI is InChI=1S/C18H25N3/c1-13-14-6-5-7-16-18(14)15(8-9-19-13)17(20-16)12-21-10-3-2-4-11-21/h5-7,13,19-20H,2-4,8-12H2,1H3. The van der Waals surface area contributed by atoms with Gasteiger partial charge >= 0.3 is 0 Å². The quantitative estimate of drug-likeness (QED) is 0.885. The van der Waals surface area contributed by atoms with Crippen molar-refractivity contribution in [2.24, 2.45) is 0 Å². The molecule has 1 aromatic carbocycles. The van der Waals surface area contributed by atoms with Crippen molar-refractivity contribution in [3.8, 4) is 0 Å². The summed E-state index contributed by atoms with van der Waals surface area (Å²) >= 11 is 0. The molecule has 3 heterocycles. The Hall–Kier alpha value is -1.32. The third kappa shape index (κ3) is 2.39. The average Bonchev–Trinajstić information content (AvgIpc) is 2.75. The largest absolute Gasteiger partial charge is 0.357 e. The van der Waals surface area contributed by atoms with Gasteiger partial charge in [-0.1, -0.05) is 18.6 Å². The van der Waals surface area contributed by atoms with Crippen LogP contribution in [0.25, 0.3) is 10.9 Å². The molecule has 0 bridgehead atoms. The zero-order chi connectivity index (χ0) is 14.2. The summed E-state index contributed by atoms with van der Waals surface area (Å²) in [5, 5.41) is 5.13. The maximum Gasteiger partial charge on any atom is 0.0462 e. The smallest absolute Gasteiger partial charge is 0.0462 e. The van der Waals surface area contributed by atoms with Gasteiger partial charge in [0.15, 0.2) is 0 Å². The van der Waals surface area contributed by atoms with Crippen LogP contribution >= 0.6 is 0 Å². The molecule has 0 spiro atoms. The summed E-state index contributed by atoms with van der Waals surface area (Å²) in [7, 11) is 0. The minimum absolute atomic E-state index is 0.452. The fourth-order valence-corrected chi connectivity index (χ4v) is 4.04. The number of nitrogens with one attached hydrogen (secondary N) is 2. The molecule has 1 fully saturated rings. The Kier molecular flexibility index (Phi) is 3.48. The highest BCUT2D eigenvalue weighted by Gasteiger charge is 2.22. The summed E-state index contributed by atoms with van der Waals surface area (Å²) in [5.41, 5.74) is 5.80. The molecule has 2 aliphatic heterocycles. The van der Waals surface area contributed by atoms with E-state index in [0.717, 1.165) is 19.5 Å². The Bertz CT molecular complexity index is 637. The molecule has 0 amide bonds. The van der Waals surface area contributed by atoms with E-state index in [4.69, 9.17) is 0 Å². The third-order valence-electron chi connectivity index (χ3n) is 5.17. The highest BCUT2D eigenvalue weighted by molar-refractivity contribution is 5.88. The van der Waals surface area contributed by atoms with E-state index < -0.39 is 0 Å². The van der Waals surface area contributed by atoms with Gasteiger partial charge in [-0.3, -0.25) is 4.90 Å². The van der Waals surface area contributed by atoms with Gasteiger partial charge in [0.05, 0.1) is 0 Å². The molecule has 2 N–H and O–H groups in total. The lowest BCUT2D eigenvalue weighted by molar-refractivity contribution is 0.218. The van der Waals surface area contributed by atoms with Crippen LogP contribution in [0.5, 0.6) is 0 Å². The number of nitrogens with zero attached hydrogens (tertiary/aromatic N) is 1. The van der Waals surface area contributed by atoms with Gasteiger partial charge in [0.2, 0.25) is 0 Å². The molecular formula is C18H25N3. The molecule has 2 aromatic rings. The van der Waals surface area contributed by atoms with Crippen LogP contribution in [0.4, 0.5) is 0 Å². The molecule has 4 rings (SSSR count). The number of hydrogen-bond donors (Lipinski definition) is 2. The van der Waals surface area contributed by atoms with Crippen molar-refractivity contribution in [3.05, 3.63) is 35.0 Å². The SMILES string of the molecule is CC1NCCc2c(CN3CCCCC3)[nH]c3cccc1c23. The number of aromatic nitrogens is 1. The number of hydrogen-bond acceptors (Lipinski definition) is 2. The zero-order valence-electron chi connectivity index (χ0n) is 12.9. The van der Waals surface area contributed by atoms with E-state index in [1.807, 2.05) is 0 Å². The predicted molar refractivity (Wildman–Crippen MR) is 87.5 cm³/mol. The van der Waals surface area contributed by atoms with E-state index in [-0.39, 0.29) is 0 Å². The minimum atomic E-state index is 0.452. The van der Waals surface area contributed by atoms with Crippen LogP contribution in [0, 0.1) is 0 Å². The molecule has 2 aliphatic rings. The van der Waals surface area contributed by atoms with Crippen LogP contribution in [0.1, 0.15) is 49.0 Å². The second-order valence-corrected chi connectivity index (χ2v) is 6.61. The Morgan fingerprint density at radius 1 is 1.19 bits per heavy atom. The fourth-order valence-electron chi connectivity index (χ4n) is 4.04. The number of likely N-dealkylation sites (tertiary alicyclic amines) is 1. The first-order chi connectivity index (χ1) is 10.3. The van der Waals surface area contributed by atoms with Crippen LogP contribution < -0.4 is 5.32 Å². The molecule has 1 atom stereocenters. The maximum atomic E-state index is 3.72. The molecule has 3 nitrogen and oxygen atoms in total. The van der Waals surface area contributed by atoms with E-state index in [9.17, 15) is 0 Å². The Morgan fingerprint density at radius 2 is 2.05 bits per heavy atom. The molecule has 0 aliphatic carbocycles. The summed E-state index contributed by atoms with van der Waals surface area (Å²) < 4.78 is 0. The molecule has 3 heteroatoms. The van der Waals surface area contributed by atoms with Crippen molar-refractivity contribution in [2.75, 3.05) is 19.6 Å². The lowest BCUT2D eigenvalue weighted by Gasteiger charge is -2.26. The van der Waals surface area contributed by atoms with Gasteiger partial charge in [0.1, 0.15) is 0 Å². The summed E-state index contributed by atoms with van der Waals surface area (Å²) in [6.45, 7) is 6.97. The molecule has 112 valence electrons. The lowest BCUT2D eigenvalue weighted by atomic mass is 10.00.